The van der Waals surface area contributed by atoms with Crippen molar-refractivity contribution in [1.29, 1.82) is 0 Å². The summed E-state index contributed by atoms with van der Waals surface area (Å²) in [4.78, 5) is 27.4. The van der Waals surface area contributed by atoms with Crippen LogP contribution in [0.15, 0.2) is 61.1 Å². The number of rotatable bonds is 6. The van der Waals surface area contributed by atoms with Crippen molar-refractivity contribution >= 4 is 34.1 Å². The first-order valence-electron chi connectivity index (χ1n) is 11.4. The number of carbonyl (C=O) groups is 1. The van der Waals surface area contributed by atoms with Gasteiger partial charge in [0.15, 0.2) is 0 Å². The van der Waals surface area contributed by atoms with Crippen LogP contribution in [-0.2, 0) is 0 Å². The van der Waals surface area contributed by atoms with Crippen molar-refractivity contribution in [3.8, 4) is 11.5 Å². The Hall–Kier alpha value is -4.20. The lowest BCUT2D eigenvalue weighted by molar-refractivity contribution is 0.0919. The lowest BCUT2D eigenvalue weighted by Gasteiger charge is -2.20. The fourth-order valence-corrected chi connectivity index (χ4v) is 3.48. The van der Waals surface area contributed by atoms with E-state index in [2.05, 4.69) is 25.6 Å². The molecule has 0 unspecified atom stereocenters. The number of amides is 1. The second-order valence-corrected chi connectivity index (χ2v) is 9.61. The first-order valence-corrected chi connectivity index (χ1v) is 11.4. The quantitative estimate of drug-likeness (QED) is 0.386. The third-order valence-corrected chi connectivity index (χ3v) is 5.24. The van der Waals surface area contributed by atoms with Gasteiger partial charge >= 0.3 is 0 Å². The molecule has 0 atom stereocenters. The van der Waals surface area contributed by atoms with Crippen LogP contribution >= 0.6 is 0 Å². The summed E-state index contributed by atoms with van der Waals surface area (Å²) in [6.07, 6.45) is 3.27. The molecule has 2 aromatic heterocycles. The molecule has 2 aromatic carbocycles. The van der Waals surface area contributed by atoms with Crippen molar-refractivity contribution in [2.24, 2.45) is 0 Å². The van der Waals surface area contributed by atoms with Crippen molar-refractivity contribution in [2.75, 3.05) is 24.3 Å². The third-order valence-electron chi connectivity index (χ3n) is 5.24. The summed E-state index contributed by atoms with van der Waals surface area (Å²) < 4.78 is 6.06. The highest BCUT2D eigenvalue weighted by atomic mass is 16.5. The van der Waals surface area contributed by atoms with Crippen LogP contribution < -0.4 is 20.3 Å². The van der Waals surface area contributed by atoms with Crippen molar-refractivity contribution < 1.29 is 9.53 Å². The molecule has 35 heavy (non-hydrogen) atoms. The topological polar surface area (TPSA) is 92.3 Å². The molecule has 0 spiro atoms. The normalized spacial score (nSPS) is 11.3. The van der Waals surface area contributed by atoms with Crippen molar-refractivity contribution in [3.05, 3.63) is 72.2 Å². The van der Waals surface area contributed by atoms with Gasteiger partial charge in [0, 0.05) is 36.3 Å². The number of carbonyl (C=O) groups excluding carboxylic acids is 1. The van der Waals surface area contributed by atoms with Crippen LogP contribution in [0, 0.1) is 6.92 Å². The van der Waals surface area contributed by atoms with E-state index in [4.69, 9.17) is 4.74 Å². The molecule has 8 nitrogen and oxygen atoms in total. The fourth-order valence-electron chi connectivity index (χ4n) is 3.48. The van der Waals surface area contributed by atoms with Crippen LogP contribution in [0.1, 0.15) is 36.7 Å². The van der Waals surface area contributed by atoms with Gasteiger partial charge in [-0.3, -0.25) is 4.79 Å². The number of pyridine rings is 1. The number of hydrogen-bond acceptors (Lipinski definition) is 7. The van der Waals surface area contributed by atoms with Gasteiger partial charge in [-0.25, -0.2) is 15.0 Å². The van der Waals surface area contributed by atoms with E-state index >= 15 is 0 Å². The maximum Gasteiger partial charge on any atom is 0.251 e. The van der Waals surface area contributed by atoms with Gasteiger partial charge in [0.2, 0.25) is 0 Å². The minimum Gasteiger partial charge on any atom is -0.457 e. The van der Waals surface area contributed by atoms with Crippen molar-refractivity contribution in [1.82, 2.24) is 20.3 Å². The Bertz CT molecular complexity index is 1360. The van der Waals surface area contributed by atoms with Crippen LogP contribution in [-0.4, -0.2) is 40.5 Å². The van der Waals surface area contributed by atoms with Crippen LogP contribution in [0.2, 0.25) is 0 Å². The van der Waals surface area contributed by atoms with Gasteiger partial charge in [0.05, 0.1) is 11.7 Å². The lowest BCUT2D eigenvalue weighted by Crippen LogP contribution is -2.40. The highest BCUT2D eigenvalue weighted by molar-refractivity contribution is 5.94. The highest BCUT2D eigenvalue weighted by Crippen LogP contribution is 2.30. The standard InChI is InChI=1S/C27H30N6O2/c1-17-13-19(31-25-21-14-24(33(5)6)28-15-22(21)29-16-30-25)9-12-23(17)35-20-10-7-18(8-11-20)26(34)32-27(2,3)4/h7-16H,1-6H3,(H,32,34)(H,29,30,31). The van der Waals surface area contributed by atoms with Crippen molar-refractivity contribution in [2.45, 2.75) is 33.2 Å². The predicted molar refractivity (Wildman–Crippen MR) is 140 cm³/mol. The molecule has 0 saturated heterocycles. The van der Waals surface area contributed by atoms with Gasteiger partial charge in [-0.2, -0.15) is 0 Å². The van der Waals surface area contributed by atoms with Gasteiger partial charge in [0.25, 0.3) is 5.91 Å². The molecule has 0 aliphatic carbocycles. The number of ether oxygens (including phenoxy) is 1. The van der Waals surface area contributed by atoms with Gasteiger partial charge < -0.3 is 20.3 Å². The minimum atomic E-state index is -0.289. The number of hydrogen-bond donors (Lipinski definition) is 2. The molecular formula is C27H30N6O2. The summed E-state index contributed by atoms with van der Waals surface area (Å²) in [5.74, 6) is 2.82. The Morgan fingerprint density at radius 2 is 1.71 bits per heavy atom. The van der Waals surface area contributed by atoms with Crippen molar-refractivity contribution in [3.63, 3.8) is 0 Å². The smallest absolute Gasteiger partial charge is 0.251 e. The second-order valence-electron chi connectivity index (χ2n) is 9.61. The summed E-state index contributed by atoms with van der Waals surface area (Å²) in [5.41, 5.74) is 2.91. The van der Waals surface area contributed by atoms with E-state index in [0.29, 0.717) is 17.1 Å². The molecular weight excluding hydrogens is 440 g/mol. The molecule has 4 aromatic rings. The number of nitrogens with zero attached hydrogens (tertiary/aromatic N) is 4. The van der Waals surface area contributed by atoms with Crippen LogP contribution in [0.3, 0.4) is 0 Å². The maximum atomic E-state index is 12.3. The molecule has 8 heteroatoms. The Morgan fingerprint density at radius 3 is 2.37 bits per heavy atom. The summed E-state index contributed by atoms with van der Waals surface area (Å²) in [5, 5.41) is 7.23. The average Bonchev–Trinajstić information content (AvgIpc) is 2.80. The number of nitrogens with one attached hydrogen (secondary N) is 2. The summed E-state index contributed by atoms with van der Waals surface area (Å²) in [6.45, 7) is 7.84. The predicted octanol–water partition coefficient (Wildman–Crippen LogP) is 5.46. The maximum absolute atomic E-state index is 12.3. The number of anilines is 3. The van der Waals surface area contributed by atoms with E-state index in [0.717, 1.165) is 33.7 Å². The second kappa shape index (κ2) is 9.58. The fraction of sp³-hybridized carbons (Fsp3) is 0.259. The van der Waals surface area contributed by atoms with Crippen LogP contribution in [0.25, 0.3) is 10.9 Å². The van der Waals surface area contributed by atoms with Crippen LogP contribution in [0.4, 0.5) is 17.3 Å². The van der Waals surface area contributed by atoms with E-state index in [1.54, 1.807) is 30.5 Å². The van der Waals surface area contributed by atoms with Gasteiger partial charge in [0.1, 0.15) is 29.5 Å². The van der Waals surface area contributed by atoms with E-state index in [1.807, 2.05) is 71.0 Å². The van der Waals surface area contributed by atoms with E-state index < -0.39 is 0 Å². The molecule has 0 saturated carbocycles. The van der Waals surface area contributed by atoms with E-state index in [-0.39, 0.29) is 11.4 Å². The number of fused-ring (bicyclic) bond motifs is 1. The molecule has 180 valence electrons. The Balaban J connectivity index is 1.50. The number of aromatic nitrogens is 3. The minimum absolute atomic E-state index is 0.110. The zero-order valence-electron chi connectivity index (χ0n) is 20.9. The molecule has 0 fully saturated rings. The number of aryl methyl sites for hydroxylation is 1. The summed E-state index contributed by atoms with van der Waals surface area (Å²) in [7, 11) is 3.89. The first kappa shape index (κ1) is 23.9. The molecule has 2 heterocycles. The molecule has 4 rings (SSSR count). The summed E-state index contributed by atoms with van der Waals surface area (Å²) >= 11 is 0. The molecule has 0 aliphatic heterocycles. The van der Waals surface area contributed by atoms with Crippen LogP contribution in [0.5, 0.6) is 11.5 Å². The number of benzene rings is 2. The zero-order chi connectivity index (χ0) is 25.2. The van der Waals surface area contributed by atoms with Gasteiger partial charge in [-0.05, 0) is 81.8 Å². The largest absolute Gasteiger partial charge is 0.457 e. The molecule has 0 aliphatic rings. The van der Waals surface area contributed by atoms with E-state index in [1.165, 1.54) is 6.33 Å². The zero-order valence-corrected chi connectivity index (χ0v) is 20.9. The summed E-state index contributed by atoms with van der Waals surface area (Å²) in [6, 6.07) is 14.9. The Kier molecular flexibility index (Phi) is 6.55. The monoisotopic (exact) mass is 470 g/mol. The molecule has 2 N–H and O–H groups in total. The first-order chi connectivity index (χ1) is 16.6. The van der Waals surface area contributed by atoms with E-state index in [9.17, 15) is 4.79 Å². The molecule has 0 radical (unpaired) electrons. The molecule has 0 bridgehead atoms. The third kappa shape index (κ3) is 5.84. The Morgan fingerprint density at radius 1 is 0.971 bits per heavy atom. The SMILES string of the molecule is Cc1cc(Nc2ncnc3cnc(N(C)C)cc23)ccc1Oc1ccc(C(=O)NC(C)(C)C)cc1. The Labute approximate surface area is 205 Å². The lowest BCUT2D eigenvalue weighted by atomic mass is 10.1. The average molecular weight is 471 g/mol. The van der Waals surface area contributed by atoms with Gasteiger partial charge in [-0.1, -0.05) is 0 Å². The van der Waals surface area contributed by atoms with Gasteiger partial charge in [-0.15, -0.1) is 0 Å². The molecule has 1 amide bonds. The highest BCUT2D eigenvalue weighted by Gasteiger charge is 2.15.